The Balaban J connectivity index is 1.52. The fraction of sp³-hybridized carbons (Fsp3) is 0.444. The number of nitrogens with one attached hydrogen (secondary N) is 1. The molecular formula is C18H23N3O2S. The van der Waals surface area contributed by atoms with Crippen molar-refractivity contribution in [3.05, 3.63) is 40.9 Å². The number of anilines is 1. The maximum atomic E-state index is 12.2. The van der Waals surface area contributed by atoms with E-state index >= 15 is 0 Å². The van der Waals surface area contributed by atoms with Crippen molar-refractivity contribution in [2.45, 2.75) is 32.2 Å². The molecule has 0 atom stereocenters. The summed E-state index contributed by atoms with van der Waals surface area (Å²) in [5.41, 5.74) is 1.97. The lowest BCUT2D eigenvalue weighted by Gasteiger charge is -2.25. The van der Waals surface area contributed by atoms with Gasteiger partial charge in [-0.1, -0.05) is 18.6 Å². The molecule has 3 rings (SSSR count). The van der Waals surface area contributed by atoms with Gasteiger partial charge >= 0.3 is 0 Å². The Morgan fingerprint density at radius 1 is 1.33 bits per heavy atom. The van der Waals surface area contributed by atoms with Crippen LogP contribution in [0.3, 0.4) is 0 Å². The Morgan fingerprint density at radius 3 is 2.96 bits per heavy atom. The summed E-state index contributed by atoms with van der Waals surface area (Å²) in [5, 5.41) is 5.61. The molecule has 0 saturated carbocycles. The zero-order valence-corrected chi connectivity index (χ0v) is 14.8. The predicted molar refractivity (Wildman–Crippen MR) is 96.6 cm³/mol. The molecule has 1 aliphatic rings. The summed E-state index contributed by atoms with van der Waals surface area (Å²) in [4.78, 5) is 19.2. The van der Waals surface area contributed by atoms with Gasteiger partial charge in [-0.2, -0.15) is 0 Å². The molecule has 5 nitrogen and oxygen atoms in total. The number of rotatable bonds is 6. The van der Waals surface area contributed by atoms with Crippen LogP contribution in [0.25, 0.3) is 0 Å². The van der Waals surface area contributed by atoms with Crippen molar-refractivity contribution >= 4 is 22.4 Å². The summed E-state index contributed by atoms with van der Waals surface area (Å²) in [6.07, 6.45) is 4.19. The zero-order chi connectivity index (χ0) is 16.8. The molecule has 0 bridgehead atoms. The summed E-state index contributed by atoms with van der Waals surface area (Å²) in [7, 11) is 1.62. The fourth-order valence-corrected chi connectivity index (χ4v) is 3.63. The van der Waals surface area contributed by atoms with Crippen molar-refractivity contribution < 1.29 is 9.53 Å². The summed E-state index contributed by atoms with van der Waals surface area (Å²) in [6.45, 7) is 3.17. The maximum Gasteiger partial charge on any atom is 0.230 e. The van der Waals surface area contributed by atoms with E-state index in [9.17, 15) is 4.79 Å². The number of ether oxygens (including phenoxy) is 1. The number of benzene rings is 1. The molecule has 24 heavy (non-hydrogen) atoms. The van der Waals surface area contributed by atoms with E-state index in [1.807, 2.05) is 29.6 Å². The van der Waals surface area contributed by atoms with Gasteiger partial charge in [-0.05, 0) is 43.6 Å². The number of carbonyl (C=O) groups excluding carboxylic acids is 1. The molecule has 1 aromatic carbocycles. The standard InChI is InChI=1S/C18H23N3O2S/c1-23-16-7-5-6-14(10-16)11-17(22)20-18-19-15(13-24-18)12-21-8-3-2-4-9-21/h5-7,10,13H,2-4,8-9,11-12H2,1H3,(H,19,20,22). The number of carbonyl (C=O) groups is 1. The SMILES string of the molecule is COc1cccc(CC(=O)Nc2nc(CN3CCCCC3)cs2)c1. The fourth-order valence-electron chi connectivity index (χ4n) is 2.91. The molecule has 1 aromatic heterocycles. The number of hydrogen-bond donors (Lipinski definition) is 1. The first-order valence-electron chi connectivity index (χ1n) is 8.32. The van der Waals surface area contributed by atoms with Crippen LogP contribution >= 0.6 is 11.3 Å². The van der Waals surface area contributed by atoms with Crippen molar-refractivity contribution in [1.29, 1.82) is 0 Å². The highest BCUT2D eigenvalue weighted by atomic mass is 32.1. The van der Waals surface area contributed by atoms with Crippen LogP contribution < -0.4 is 10.1 Å². The third-order valence-corrected chi connectivity index (χ3v) is 4.94. The molecule has 0 aliphatic carbocycles. The Kier molecular flexibility index (Phi) is 5.82. The van der Waals surface area contributed by atoms with Gasteiger partial charge in [0.2, 0.25) is 5.91 Å². The minimum atomic E-state index is -0.0536. The van der Waals surface area contributed by atoms with Gasteiger partial charge in [-0.15, -0.1) is 11.3 Å². The largest absolute Gasteiger partial charge is 0.497 e. The number of nitrogens with zero attached hydrogens (tertiary/aromatic N) is 2. The summed E-state index contributed by atoms with van der Waals surface area (Å²) in [6, 6.07) is 7.56. The van der Waals surface area contributed by atoms with Gasteiger partial charge in [0.25, 0.3) is 0 Å². The van der Waals surface area contributed by atoms with Crippen molar-refractivity contribution in [3.8, 4) is 5.75 Å². The van der Waals surface area contributed by atoms with Gasteiger partial charge in [0, 0.05) is 11.9 Å². The Labute approximate surface area is 146 Å². The second-order valence-electron chi connectivity index (χ2n) is 6.06. The Morgan fingerprint density at radius 2 is 2.17 bits per heavy atom. The van der Waals surface area contributed by atoms with Crippen LogP contribution in [0.5, 0.6) is 5.75 Å². The summed E-state index contributed by atoms with van der Waals surface area (Å²) in [5.74, 6) is 0.709. The van der Waals surface area contributed by atoms with Crippen LogP contribution in [-0.2, 0) is 17.8 Å². The first-order valence-corrected chi connectivity index (χ1v) is 9.20. The molecule has 1 fully saturated rings. The van der Waals surface area contributed by atoms with Crippen LogP contribution in [0, 0.1) is 0 Å². The van der Waals surface area contributed by atoms with Crippen LogP contribution in [0.15, 0.2) is 29.6 Å². The third kappa shape index (κ3) is 4.79. The second-order valence-corrected chi connectivity index (χ2v) is 6.92. The van der Waals surface area contributed by atoms with E-state index in [1.165, 1.54) is 30.6 Å². The van der Waals surface area contributed by atoms with E-state index in [1.54, 1.807) is 7.11 Å². The first-order chi connectivity index (χ1) is 11.7. The molecule has 1 N–H and O–H groups in total. The monoisotopic (exact) mass is 345 g/mol. The normalized spacial score (nSPS) is 15.2. The van der Waals surface area contributed by atoms with Crippen molar-refractivity contribution in [2.24, 2.45) is 0 Å². The number of likely N-dealkylation sites (tertiary alicyclic amines) is 1. The van der Waals surface area contributed by atoms with Gasteiger partial charge in [0.05, 0.1) is 19.2 Å². The molecular weight excluding hydrogens is 322 g/mol. The van der Waals surface area contributed by atoms with Gasteiger partial charge in [-0.25, -0.2) is 4.98 Å². The van der Waals surface area contributed by atoms with Gasteiger partial charge < -0.3 is 10.1 Å². The molecule has 2 heterocycles. The number of methoxy groups -OCH3 is 1. The quantitative estimate of drug-likeness (QED) is 0.873. The molecule has 1 aliphatic heterocycles. The van der Waals surface area contributed by atoms with Crippen LogP contribution in [-0.4, -0.2) is 36.0 Å². The van der Waals surface area contributed by atoms with Crippen LogP contribution in [0.2, 0.25) is 0 Å². The molecule has 0 radical (unpaired) electrons. The van der Waals surface area contributed by atoms with Crippen LogP contribution in [0.1, 0.15) is 30.5 Å². The van der Waals surface area contributed by atoms with E-state index in [0.717, 1.165) is 36.6 Å². The van der Waals surface area contributed by atoms with Crippen LogP contribution in [0.4, 0.5) is 5.13 Å². The number of aromatic nitrogens is 1. The highest BCUT2D eigenvalue weighted by molar-refractivity contribution is 7.13. The van der Waals surface area contributed by atoms with E-state index in [4.69, 9.17) is 4.74 Å². The zero-order valence-electron chi connectivity index (χ0n) is 14.0. The lowest BCUT2D eigenvalue weighted by Crippen LogP contribution is -2.29. The van der Waals surface area contributed by atoms with Gasteiger partial charge in [0.15, 0.2) is 5.13 Å². The average Bonchev–Trinajstić information content (AvgIpc) is 3.02. The molecule has 128 valence electrons. The maximum absolute atomic E-state index is 12.2. The number of hydrogen-bond acceptors (Lipinski definition) is 5. The highest BCUT2D eigenvalue weighted by Crippen LogP contribution is 2.19. The molecule has 0 spiro atoms. The first kappa shape index (κ1) is 16.9. The van der Waals surface area contributed by atoms with E-state index in [0.29, 0.717) is 11.6 Å². The van der Waals surface area contributed by atoms with Gasteiger partial charge in [0.1, 0.15) is 5.75 Å². The van der Waals surface area contributed by atoms with E-state index in [-0.39, 0.29) is 5.91 Å². The molecule has 6 heteroatoms. The molecule has 1 amide bonds. The van der Waals surface area contributed by atoms with Crippen molar-refractivity contribution in [3.63, 3.8) is 0 Å². The number of piperidine rings is 1. The number of amides is 1. The summed E-state index contributed by atoms with van der Waals surface area (Å²) >= 11 is 1.49. The Hall–Kier alpha value is -1.92. The van der Waals surface area contributed by atoms with E-state index in [2.05, 4.69) is 15.2 Å². The second kappa shape index (κ2) is 8.26. The lowest BCUT2D eigenvalue weighted by molar-refractivity contribution is -0.115. The topological polar surface area (TPSA) is 54.5 Å². The minimum absolute atomic E-state index is 0.0536. The van der Waals surface area contributed by atoms with Crippen molar-refractivity contribution in [1.82, 2.24) is 9.88 Å². The van der Waals surface area contributed by atoms with E-state index < -0.39 is 0 Å². The molecule has 2 aromatic rings. The minimum Gasteiger partial charge on any atom is -0.497 e. The number of thiazole rings is 1. The highest BCUT2D eigenvalue weighted by Gasteiger charge is 2.13. The van der Waals surface area contributed by atoms with Gasteiger partial charge in [-0.3, -0.25) is 9.69 Å². The third-order valence-electron chi connectivity index (χ3n) is 4.13. The smallest absolute Gasteiger partial charge is 0.230 e. The molecule has 1 saturated heterocycles. The average molecular weight is 345 g/mol. The van der Waals surface area contributed by atoms with Crippen molar-refractivity contribution in [2.75, 3.05) is 25.5 Å². The molecule has 0 unspecified atom stereocenters. The lowest BCUT2D eigenvalue weighted by atomic mass is 10.1. The Bertz CT molecular complexity index is 680. The predicted octanol–water partition coefficient (Wildman–Crippen LogP) is 3.32. The summed E-state index contributed by atoms with van der Waals surface area (Å²) < 4.78 is 5.18.